The molecule has 0 aromatic carbocycles. The van der Waals surface area contributed by atoms with Crippen molar-refractivity contribution >= 4 is 5.97 Å². The van der Waals surface area contributed by atoms with Crippen molar-refractivity contribution in [2.24, 2.45) is 0 Å². The van der Waals surface area contributed by atoms with E-state index in [0.717, 1.165) is 25.7 Å². The van der Waals surface area contributed by atoms with Gasteiger partial charge in [0.05, 0.1) is 6.61 Å². The molecule has 0 aromatic rings. The molecule has 2 nitrogen and oxygen atoms in total. The summed E-state index contributed by atoms with van der Waals surface area (Å²) in [5.41, 5.74) is 0. The summed E-state index contributed by atoms with van der Waals surface area (Å²) in [5.74, 6) is -0.00648. The summed E-state index contributed by atoms with van der Waals surface area (Å²) in [5, 5.41) is 0. The zero-order valence-electron chi connectivity index (χ0n) is 10.2. The van der Waals surface area contributed by atoms with Gasteiger partial charge in [-0.05, 0) is 44.9 Å². The second-order valence-electron chi connectivity index (χ2n) is 4.49. The molecule has 0 aliphatic carbocycles. The van der Waals surface area contributed by atoms with Crippen molar-refractivity contribution in [3.63, 3.8) is 0 Å². The first-order valence-electron chi connectivity index (χ1n) is 6.70. The molecule has 1 heterocycles. The van der Waals surface area contributed by atoms with Gasteiger partial charge in [0.1, 0.15) is 0 Å². The van der Waals surface area contributed by atoms with E-state index in [-0.39, 0.29) is 5.97 Å². The van der Waals surface area contributed by atoms with Crippen LogP contribution in [0.5, 0.6) is 0 Å². The molecule has 0 bridgehead atoms. The maximum atomic E-state index is 11.3. The molecule has 0 N–H and O–H groups in total. The van der Waals surface area contributed by atoms with Gasteiger partial charge in [0, 0.05) is 6.42 Å². The van der Waals surface area contributed by atoms with Crippen molar-refractivity contribution in [3.8, 4) is 0 Å². The molecule has 0 atom stereocenters. The fourth-order valence-electron chi connectivity index (χ4n) is 1.92. The zero-order chi connectivity index (χ0) is 11.5. The van der Waals surface area contributed by atoms with E-state index in [1.165, 1.54) is 32.1 Å². The number of esters is 1. The molecular weight excluding hydrogens is 200 g/mol. The Hall–Kier alpha value is -0.790. The predicted molar refractivity (Wildman–Crippen MR) is 66.3 cm³/mol. The summed E-state index contributed by atoms with van der Waals surface area (Å²) in [6.45, 7) is 0.614. The van der Waals surface area contributed by atoms with Gasteiger partial charge in [0.2, 0.25) is 0 Å². The van der Waals surface area contributed by atoms with E-state index in [1.807, 2.05) is 0 Å². The zero-order valence-corrected chi connectivity index (χ0v) is 10.2. The molecule has 0 unspecified atom stereocenters. The van der Waals surface area contributed by atoms with E-state index < -0.39 is 0 Å². The van der Waals surface area contributed by atoms with Crippen LogP contribution in [0.3, 0.4) is 0 Å². The second-order valence-corrected chi connectivity index (χ2v) is 4.49. The number of rotatable bonds is 0. The SMILES string of the molecule is O=C1CCCCCC/C=C/CCCCCO1. The Labute approximate surface area is 99.1 Å². The third-order valence-corrected chi connectivity index (χ3v) is 2.95. The fraction of sp³-hybridized carbons (Fsp3) is 0.786. The van der Waals surface area contributed by atoms with Crippen LogP contribution in [0.2, 0.25) is 0 Å². The third-order valence-electron chi connectivity index (χ3n) is 2.95. The maximum absolute atomic E-state index is 11.3. The molecule has 1 aliphatic rings. The first kappa shape index (κ1) is 13.3. The van der Waals surface area contributed by atoms with Crippen molar-refractivity contribution < 1.29 is 9.53 Å². The Morgan fingerprint density at radius 3 is 2.19 bits per heavy atom. The van der Waals surface area contributed by atoms with Crippen LogP contribution in [-0.4, -0.2) is 12.6 Å². The lowest BCUT2D eigenvalue weighted by Gasteiger charge is -2.04. The lowest BCUT2D eigenvalue weighted by atomic mass is 10.1. The molecule has 0 saturated carbocycles. The minimum Gasteiger partial charge on any atom is -0.466 e. The average Bonchev–Trinajstić information content (AvgIpc) is 2.29. The van der Waals surface area contributed by atoms with Crippen molar-refractivity contribution in [2.75, 3.05) is 6.61 Å². The van der Waals surface area contributed by atoms with Gasteiger partial charge in [0.15, 0.2) is 0 Å². The third kappa shape index (κ3) is 7.49. The number of ether oxygens (including phenoxy) is 1. The van der Waals surface area contributed by atoms with Gasteiger partial charge in [-0.1, -0.05) is 25.0 Å². The van der Waals surface area contributed by atoms with E-state index >= 15 is 0 Å². The molecule has 16 heavy (non-hydrogen) atoms. The monoisotopic (exact) mass is 224 g/mol. The molecule has 1 aliphatic heterocycles. The standard InChI is InChI=1S/C14H24O2/c15-14-12-10-8-6-4-2-1-3-5-7-9-11-13-16-14/h1,3H,2,4-13H2/b3-1+. The van der Waals surface area contributed by atoms with Crippen LogP contribution in [0.1, 0.15) is 64.2 Å². The quantitative estimate of drug-likeness (QED) is 0.459. The Morgan fingerprint density at radius 1 is 0.812 bits per heavy atom. The second kappa shape index (κ2) is 9.44. The van der Waals surface area contributed by atoms with Gasteiger partial charge in [-0.3, -0.25) is 4.79 Å². The lowest BCUT2D eigenvalue weighted by molar-refractivity contribution is -0.143. The Balaban J connectivity index is 2.19. The summed E-state index contributed by atoms with van der Waals surface area (Å²) in [6.07, 6.45) is 15.6. The van der Waals surface area contributed by atoms with Crippen molar-refractivity contribution in [1.29, 1.82) is 0 Å². The fourth-order valence-corrected chi connectivity index (χ4v) is 1.92. The molecular formula is C14H24O2. The van der Waals surface area contributed by atoms with E-state index in [1.54, 1.807) is 0 Å². The minimum absolute atomic E-state index is 0.00648. The molecule has 0 aromatic heterocycles. The molecule has 0 spiro atoms. The van der Waals surface area contributed by atoms with Crippen molar-refractivity contribution in [3.05, 3.63) is 12.2 Å². The van der Waals surface area contributed by atoms with E-state index in [2.05, 4.69) is 12.2 Å². The summed E-state index contributed by atoms with van der Waals surface area (Å²) in [4.78, 5) is 11.3. The van der Waals surface area contributed by atoms with Crippen LogP contribution in [0, 0.1) is 0 Å². The minimum atomic E-state index is -0.00648. The van der Waals surface area contributed by atoms with Crippen molar-refractivity contribution in [1.82, 2.24) is 0 Å². The summed E-state index contributed by atoms with van der Waals surface area (Å²) in [7, 11) is 0. The number of allylic oxidation sites excluding steroid dienone is 2. The number of carbonyl (C=O) groups is 1. The van der Waals surface area contributed by atoms with E-state index in [9.17, 15) is 4.79 Å². The van der Waals surface area contributed by atoms with Crippen LogP contribution in [-0.2, 0) is 9.53 Å². The van der Waals surface area contributed by atoms with Gasteiger partial charge in [0.25, 0.3) is 0 Å². The Morgan fingerprint density at radius 2 is 1.44 bits per heavy atom. The Kier molecular flexibility index (Phi) is 7.83. The summed E-state index contributed by atoms with van der Waals surface area (Å²) < 4.78 is 5.16. The molecule has 0 amide bonds. The largest absolute Gasteiger partial charge is 0.466 e. The molecule has 1 rings (SSSR count). The molecule has 92 valence electrons. The maximum Gasteiger partial charge on any atom is 0.305 e. The smallest absolute Gasteiger partial charge is 0.305 e. The highest BCUT2D eigenvalue weighted by molar-refractivity contribution is 5.69. The summed E-state index contributed by atoms with van der Waals surface area (Å²) in [6, 6.07) is 0. The normalized spacial score (nSPS) is 23.9. The van der Waals surface area contributed by atoms with Crippen LogP contribution in [0.25, 0.3) is 0 Å². The van der Waals surface area contributed by atoms with Gasteiger partial charge in [-0.25, -0.2) is 0 Å². The topological polar surface area (TPSA) is 26.3 Å². The van der Waals surface area contributed by atoms with E-state index in [4.69, 9.17) is 4.74 Å². The molecule has 0 saturated heterocycles. The highest BCUT2D eigenvalue weighted by Crippen LogP contribution is 2.09. The summed E-state index contributed by atoms with van der Waals surface area (Å²) >= 11 is 0. The highest BCUT2D eigenvalue weighted by atomic mass is 16.5. The number of hydrogen-bond acceptors (Lipinski definition) is 2. The van der Waals surface area contributed by atoms with Crippen LogP contribution < -0.4 is 0 Å². The predicted octanol–water partition coefficient (Wildman–Crippen LogP) is 4.00. The average molecular weight is 224 g/mol. The number of cyclic esters (lactones) is 1. The van der Waals surface area contributed by atoms with Crippen LogP contribution in [0.4, 0.5) is 0 Å². The van der Waals surface area contributed by atoms with Gasteiger partial charge in [-0.2, -0.15) is 0 Å². The van der Waals surface area contributed by atoms with Gasteiger partial charge >= 0.3 is 5.97 Å². The lowest BCUT2D eigenvalue weighted by Crippen LogP contribution is -2.05. The molecule has 0 radical (unpaired) electrons. The van der Waals surface area contributed by atoms with E-state index in [0.29, 0.717) is 13.0 Å². The number of hydrogen-bond donors (Lipinski definition) is 0. The van der Waals surface area contributed by atoms with Gasteiger partial charge < -0.3 is 4.74 Å². The molecule has 0 fully saturated rings. The first-order chi connectivity index (χ1) is 7.89. The van der Waals surface area contributed by atoms with Crippen LogP contribution >= 0.6 is 0 Å². The molecule has 2 heteroatoms. The number of carbonyl (C=O) groups excluding carboxylic acids is 1. The highest BCUT2D eigenvalue weighted by Gasteiger charge is 2.02. The van der Waals surface area contributed by atoms with Crippen LogP contribution in [0.15, 0.2) is 12.2 Å². The Bertz CT molecular complexity index is 189. The van der Waals surface area contributed by atoms with Gasteiger partial charge in [-0.15, -0.1) is 0 Å². The van der Waals surface area contributed by atoms with Crippen molar-refractivity contribution in [2.45, 2.75) is 64.2 Å². The first-order valence-corrected chi connectivity index (χ1v) is 6.70.